The van der Waals surface area contributed by atoms with Crippen LogP contribution in [0, 0.1) is 5.92 Å². The van der Waals surface area contributed by atoms with Crippen LogP contribution in [0.3, 0.4) is 0 Å². The molecule has 1 aliphatic rings. The average Bonchev–Trinajstić information content (AvgIpc) is 2.36. The van der Waals surface area contributed by atoms with E-state index < -0.39 is 0 Å². The number of hydrogen-bond acceptors (Lipinski definition) is 2. The van der Waals surface area contributed by atoms with Gasteiger partial charge in [-0.3, -0.25) is 9.59 Å². The lowest BCUT2D eigenvalue weighted by Crippen LogP contribution is -2.07. The second-order valence-corrected chi connectivity index (χ2v) is 2.88. The van der Waals surface area contributed by atoms with Gasteiger partial charge in [-0.25, -0.2) is 0 Å². The van der Waals surface area contributed by atoms with Crippen molar-refractivity contribution >= 4 is 11.6 Å². The molecule has 0 bridgehead atoms. The topological polar surface area (TPSA) is 34.1 Å². The summed E-state index contributed by atoms with van der Waals surface area (Å²) in [5, 5.41) is 0. The second kappa shape index (κ2) is 3.46. The first-order valence-electron chi connectivity index (χ1n) is 3.92. The van der Waals surface area contributed by atoms with Crippen molar-refractivity contribution < 1.29 is 9.59 Å². The van der Waals surface area contributed by atoms with Crippen molar-refractivity contribution in [2.75, 3.05) is 0 Å². The molecule has 60 valence electrons. The molecule has 0 amide bonds. The zero-order valence-electron chi connectivity index (χ0n) is 6.67. The summed E-state index contributed by atoms with van der Waals surface area (Å²) in [7, 11) is 0. The highest BCUT2D eigenvalue weighted by Gasteiger charge is 2.26. The molecule has 1 unspecified atom stereocenters. The average molecular weight is 152 g/mol. The number of hydrogen-bond donors (Lipinski definition) is 0. The molecule has 0 N–H and O–H groups in total. The van der Waals surface area contributed by atoms with Gasteiger partial charge in [-0.05, 0) is 19.4 Å². The van der Waals surface area contributed by atoms with Crippen LogP contribution in [0.25, 0.3) is 0 Å². The van der Waals surface area contributed by atoms with E-state index in [9.17, 15) is 9.59 Å². The van der Waals surface area contributed by atoms with Gasteiger partial charge in [-0.2, -0.15) is 0 Å². The van der Waals surface area contributed by atoms with Crippen molar-refractivity contribution in [3.63, 3.8) is 0 Å². The van der Waals surface area contributed by atoms with E-state index >= 15 is 0 Å². The zero-order valence-corrected chi connectivity index (χ0v) is 6.67. The van der Waals surface area contributed by atoms with Gasteiger partial charge in [0, 0.05) is 18.8 Å². The van der Waals surface area contributed by atoms with Gasteiger partial charge >= 0.3 is 0 Å². The molecule has 2 heteroatoms. The maximum atomic E-state index is 11.2. The molecule has 11 heavy (non-hydrogen) atoms. The van der Waals surface area contributed by atoms with E-state index in [0.29, 0.717) is 12.8 Å². The maximum absolute atomic E-state index is 11.2. The van der Waals surface area contributed by atoms with Crippen LogP contribution < -0.4 is 0 Å². The highest BCUT2D eigenvalue weighted by molar-refractivity contribution is 5.97. The largest absolute Gasteiger partial charge is 0.300 e. The van der Waals surface area contributed by atoms with Crippen LogP contribution in [0.2, 0.25) is 0 Å². The first-order chi connectivity index (χ1) is 5.24. The zero-order chi connectivity index (χ0) is 8.27. The molecule has 1 fully saturated rings. The minimum atomic E-state index is -0.0151. The summed E-state index contributed by atoms with van der Waals surface area (Å²) in [5.41, 5.74) is 0. The Morgan fingerprint density at radius 3 is 2.82 bits per heavy atom. The Hall–Kier alpha value is -0.920. The molecular formula is C9H12O2. The lowest BCUT2D eigenvalue weighted by molar-refractivity contribution is -0.121. The summed E-state index contributed by atoms with van der Waals surface area (Å²) < 4.78 is 0. The van der Waals surface area contributed by atoms with Crippen LogP contribution in [-0.2, 0) is 9.59 Å². The van der Waals surface area contributed by atoms with Crippen LogP contribution in [0.1, 0.15) is 26.2 Å². The molecular weight excluding hydrogens is 140 g/mol. The van der Waals surface area contributed by atoms with Gasteiger partial charge in [-0.15, -0.1) is 0 Å². The number of ketones is 2. The number of carbonyl (C=O) groups excluding carboxylic acids is 2. The van der Waals surface area contributed by atoms with Crippen LogP contribution in [0.15, 0.2) is 12.2 Å². The summed E-state index contributed by atoms with van der Waals surface area (Å²) in [4.78, 5) is 21.9. The SMILES string of the molecule is C/C=C/C(=O)C1CCC(=O)C1. The first-order valence-corrected chi connectivity index (χ1v) is 3.92. The minimum Gasteiger partial charge on any atom is -0.300 e. The van der Waals surface area contributed by atoms with E-state index in [1.165, 1.54) is 0 Å². The summed E-state index contributed by atoms with van der Waals surface area (Å²) in [6, 6.07) is 0. The molecule has 1 aliphatic carbocycles. The fraction of sp³-hybridized carbons (Fsp3) is 0.556. The van der Waals surface area contributed by atoms with Crippen molar-refractivity contribution in [1.29, 1.82) is 0 Å². The summed E-state index contributed by atoms with van der Waals surface area (Å²) in [5.74, 6) is 0.324. The fourth-order valence-electron chi connectivity index (χ4n) is 1.36. The third kappa shape index (κ3) is 2.00. The lowest BCUT2D eigenvalue weighted by Gasteiger charge is -1.99. The van der Waals surface area contributed by atoms with Crippen molar-refractivity contribution in [1.82, 2.24) is 0 Å². The monoisotopic (exact) mass is 152 g/mol. The molecule has 1 atom stereocenters. The van der Waals surface area contributed by atoms with Crippen LogP contribution in [0.4, 0.5) is 0 Å². The Morgan fingerprint density at radius 2 is 2.36 bits per heavy atom. The number of allylic oxidation sites excluding steroid dienone is 2. The normalized spacial score (nSPS) is 24.8. The van der Waals surface area contributed by atoms with Crippen molar-refractivity contribution in [3.05, 3.63) is 12.2 Å². The van der Waals surface area contributed by atoms with E-state index in [-0.39, 0.29) is 17.5 Å². The van der Waals surface area contributed by atoms with E-state index in [4.69, 9.17) is 0 Å². The highest BCUT2D eigenvalue weighted by atomic mass is 16.1. The predicted molar refractivity (Wildman–Crippen MR) is 42.2 cm³/mol. The van der Waals surface area contributed by atoms with Gasteiger partial charge in [-0.1, -0.05) is 6.08 Å². The molecule has 0 heterocycles. The third-order valence-corrected chi connectivity index (χ3v) is 1.98. The second-order valence-electron chi connectivity index (χ2n) is 2.88. The summed E-state index contributed by atoms with van der Waals surface area (Å²) >= 11 is 0. The van der Waals surface area contributed by atoms with Crippen molar-refractivity contribution in [3.8, 4) is 0 Å². The lowest BCUT2D eigenvalue weighted by atomic mass is 10.0. The minimum absolute atomic E-state index is 0.0151. The molecule has 2 nitrogen and oxygen atoms in total. The third-order valence-electron chi connectivity index (χ3n) is 1.98. The fourth-order valence-corrected chi connectivity index (χ4v) is 1.36. The molecule has 0 spiro atoms. The number of Topliss-reactive ketones (excluding diaryl/α,β-unsaturated/α-hetero) is 1. The smallest absolute Gasteiger partial charge is 0.158 e. The predicted octanol–water partition coefficient (Wildman–Crippen LogP) is 1.50. The molecule has 0 aromatic heterocycles. The van der Waals surface area contributed by atoms with E-state index in [1.54, 1.807) is 12.2 Å². The summed E-state index contributed by atoms with van der Waals surface area (Å²) in [6.45, 7) is 1.81. The maximum Gasteiger partial charge on any atom is 0.158 e. The number of rotatable bonds is 2. The number of carbonyl (C=O) groups is 2. The van der Waals surface area contributed by atoms with Gasteiger partial charge in [0.15, 0.2) is 5.78 Å². The highest BCUT2D eigenvalue weighted by Crippen LogP contribution is 2.22. The quantitative estimate of drug-likeness (QED) is 0.562. The molecule has 0 aliphatic heterocycles. The Kier molecular flexibility index (Phi) is 2.58. The molecule has 1 rings (SSSR count). The van der Waals surface area contributed by atoms with Crippen LogP contribution in [-0.4, -0.2) is 11.6 Å². The molecule has 1 saturated carbocycles. The Labute approximate surface area is 66.3 Å². The molecule has 0 saturated heterocycles. The van der Waals surface area contributed by atoms with Crippen molar-refractivity contribution in [2.24, 2.45) is 5.92 Å². The first kappa shape index (κ1) is 8.18. The van der Waals surface area contributed by atoms with Gasteiger partial charge in [0.1, 0.15) is 5.78 Å². The van der Waals surface area contributed by atoms with E-state index in [1.807, 2.05) is 6.92 Å². The van der Waals surface area contributed by atoms with Gasteiger partial charge < -0.3 is 0 Å². The molecule has 0 aromatic carbocycles. The van der Waals surface area contributed by atoms with E-state index in [0.717, 1.165) is 6.42 Å². The standard InChI is InChI=1S/C9H12O2/c1-2-3-9(11)7-4-5-8(10)6-7/h2-3,7H,4-6H2,1H3/b3-2+. The summed E-state index contributed by atoms with van der Waals surface area (Å²) in [6.07, 6.45) is 5.09. The Bertz CT molecular complexity index is 204. The van der Waals surface area contributed by atoms with Gasteiger partial charge in [0.05, 0.1) is 0 Å². The van der Waals surface area contributed by atoms with Crippen molar-refractivity contribution in [2.45, 2.75) is 26.2 Å². The molecule has 0 aromatic rings. The van der Waals surface area contributed by atoms with E-state index in [2.05, 4.69) is 0 Å². The Morgan fingerprint density at radius 1 is 1.64 bits per heavy atom. The van der Waals surface area contributed by atoms with Gasteiger partial charge in [0.2, 0.25) is 0 Å². The Balaban J connectivity index is 2.49. The van der Waals surface area contributed by atoms with Crippen LogP contribution in [0.5, 0.6) is 0 Å². The van der Waals surface area contributed by atoms with Gasteiger partial charge in [0.25, 0.3) is 0 Å². The van der Waals surface area contributed by atoms with Crippen LogP contribution >= 0.6 is 0 Å². The molecule has 0 radical (unpaired) electrons.